The summed E-state index contributed by atoms with van der Waals surface area (Å²) in [6.07, 6.45) is 1.00. The third kappa shape index (κ3) is 5.01. The number of hydrogen-bond acceptors (Lipinski definition) is 8. The molecule has 1 aromatic heterocycles. The Hall–Kier alpha value is -1.48. The van der Waals surface area contributed by atoms with Crippen molar-refractivity contribution in [3.05, 3.63) is 11.8 Å². The second-order valence-corrected chi connectivity index (χ2v) is 6.51. The van der Waals surface area contributed by atoms with Crippen molar-refractivity contribution in [2.45, 2.75) is 12.3 Å². The molecule has 0 spiro atoms. The molecule has 8 nitrogen and oxygen atoms in total. The summed E-state index contributed by atoms with van der Waals surface area (Å²) in [5, 5.41) is 12.2. The number of aromatic nitrogens is 2. The van der Waals surface area contributed by atoms with Gasteiger partial charge in [-0.3, -0.25) is 4.90 Å². The molecular formula is C17H29N5O3. The van der Waals surface area contributed by atoms with Gasteiger partial charge in [0.1, 0.15) is 5.82 Å². The standard InChI is InChI=1S/C17H29N5O3/c1-24-11-8-21-4-6-22(7-5-21)16-12-15(14-2-10-25-13-14)19-17(20-16)18-3-9-23/h12,14,23H,2-11,13H2,1H3,(H,18,19,20). The number of aliphatic hydroxyl groups excluding tert-OH is 1. The molecule has 140 valence electrons. The Labute approximate surface area is 149 Å². The Morgan fingerprint density at radius 3 is 2.84 bits per heavy atom. The summed E-state index contributed by atoms with van der Waals surface area (Å²) in [5.41, 5.74) is 1.03. The summed E-state index contributed by atoms with van der Waals surface area (Å²) in [6, 6.07) is 2.11. The molecule has 0 radical (unpaired) electrons. The van der Waals surface area contributed by atoms with Gasteiger partial charge in [-0.25, -0.2) is 4.98 Å². The van der Waals surface area contributed by atoms with Crippen LogP contribution in [0.1, 0.15) is 18.0 Å². The smallest absolute Gasteiger partial charge is 0.224 e. The van der Waals surface area contributed by atoms with Crippen molar-refractivity contribution in [3.63, 3.8) is 0 Å². The van der Waals surface area contributed by atoms with Gasteiger partial charge in [0.25, 0.3) is 0 Å². The molecule has 2 aliphatic rings. The largest absolute Gasteiger partial charge is 0.395 e. The maximum absolute atomic E-state index is 9.06. The van der Waals surface area contributed by atoms with Gasteiger partial charge in [-0.15, -0.1) is 0 Å². The molecule has 2 aliphatic heterocycles. The zero-order valence-electron chi connectivity index (χ0n) is 15.0. The van der Waals surface area contributed by atoms with E-state index in [1.807, 2.05) is 0 Å². The van der Waals surface area contributed by atoms with Crippen LogP contribution in [-0.4, -0.2) is 92.8 Å². The molecule has 2 N–H and O–H groups in total. The lowest BCUT2D eigenvalue weighted by Crippen LogP contribution is -2.47. The Balaban J connectivity index is 1.70. The van der Waals surface area contributed by atoms with Crippen LogP contribution in [-0.2, 0) is 9.47 Å². The Kier molecular flexibility index (Phi) is 6.80. The molecule has 1 aromatic rings. The predicted octanol–water partition coefficient (Wildman–Crippen LogP) is 0.153. The lowest BCUT2D eigenvalue weighted by molar-refractivity contribution is 0.144. The number of rotatable bonds is 8. The monoisotopic (exact) mass is 351 g/mol. The number of piperazine rings is 1. The molecule has 1 unspecified atom stereocenters. The number of hydrogen-bond donors (Lipinski definition) is 2. The van der Waals surface area contributed by atoms with Gasteiger partial charge in [-0.05, 0) is 6.42 Å². The van der Waals surface area contributed by atoms with E-state index in [0.29, 0.717) is 18.4 Å². The van der Waals surface area contributed by atoms with Gasteiger partial charge in [0.05, 0.1) is 25.5 Å². The van der Waals surface area contributed by atoms with Crippen molar-refractivity contribution in [1.82, 2.24) is 14.9 Å². The van der Waals surface area contributed by atoms with Gasteiger partial charge < -0.3 is 24.8 Å². The summed E-state index contributed by atoms with van der Waals surface area (Å²) in [7, 11) is 1.74. The first-order valence-corrected chi connectivity index (χ1v) is 9.08. The quantitative estimate of drug-likeness (QED) is 0.685. The first kappa shape index (κ1) is 18.3. The first-order chi connectivity index (χ1) is 12.3. The average molecular weight is 351 g/mol. The van der Waals surface area contributed by atoms with Crippen molar-refractivity contribution in [2.75, 3.05) is 83.0 Å². The molecule has 2 fully saturated rings. The van der Waals surface area contributed by atoms with Crippen molar-refractivity contribution in [2.24, 2.45) is 0 Å². The number of anilines is 2. The molecule has 0 bridgehead atoms. The molecule has 0 amide bonds. The SMILES string of the molecule is COCCN1CCN(c2cc(C3CCOC3)nc(NCCO)n2)CC1. The zero-order chi connectivity index (χ0) is 17.5. The normalized spacial score (nSPS) is 21.7. The zero-order valence-corrected chi connectivity index (χ0v) is 15.0. The number of nitrogens with zero attached hydrogens (tertiary/aromatic N) is 4. The fourth-order valence-electron chi connectivity index (χ4n) is 3.26. The molecule has 3 heterocycles. The molecular weight excluding hydrogens is 322 g/mol. The van der Waals surface area contributed by atoms with Crippen LogP contribution in [0.5, 0.6) is 0 Å². The molecule has 8 heteroatoms. The predicted molar refractivity (Wildman–Crippen MR) is 96.3 cm³/mol. The van der Waals surface area contributed by atoms with Gasteiger partial charge in [0.15, 0.2) is 0 Å². The Morgan fingerprint density at radius 2 is 2.16 bits per heavy atom. The van der Waals surface area contributed by atoms with Crippen LogP contribution in [0.25, 0.3) is 0 Å². The van der Waals surface area contributed by atoms with Crippen molar-refractivity contribution >= 4 is 11.8 Å². The minimum Gasteiger partial charge on any atom is -0.395 e. The maximum Gasteiger partial charge on any atom is 0.224 e. The summed E-state index contributed by atoms with van der Waals surface area (Å²) in [4.78, 5) is 14.0. The Bertz CT molecular complexity index is 531. The molecule has 0 saturated carbocycles. The summed E-state index contributed by atoms with van der Waals surface area (Å²) in [5.74, 6) is 1.89. The van der Waals surface area contributed by atoms with Gasteiger partial charge in [0, 0.05) is 65.0 Å². The Morgan fingerprint density at radius 1 is 1.32 bits per heavy atom. The molecule has 25 heavy (non-hydrogen) atoms. The van der Waals surface area contributed by atoms with E-state index in [9.17, 15) is 0 Å². The van der Waals surface area contributed by atoms with E-state index < -0.39 is 0 Å². The van der Waals surface area contributed by atoms with Gasteiger partial charge in [0.2, 0.25) is 5.95 Å². The summed E-state index contributed by atoms with van der Waals surface area (Å²) >= 11 is 0. The topological polar surface area (TPSA) is 83.0 Å². The van der Waals surface area contributed by atoms with Crippen LogP contribution in [0.2, 0.25) is 0 Å². The van der Waals surface area contributed by atoms with E-state index in [0.717, 1.165) is 70.5 Å². The maximum atomic E-state index is 9.06. The highest BCUT2D eigenvalue weighted by molar-refractivity contribution is 5.46. The fraction of sp³-hybridized carbons (Fsp3) is 0.765. The molecule has 0 aromatic carbocycles. The molecule has 3 rings (SSSR count). The third-order valence-corrected chi connectivity index (χ3v) is 4.78. The van der Waals surface area contributed by atoms with E-state index in [1.54, 1.807) is 7.11 Å². The van der Waals surface area contributed by atoms with Crippen LogP contribution in [0.4, 0.5) is 11.8 Å². The van der Waals surface area contributed by atoms with Crippen molar-refractivity contribution < 1.29 is 14.6 Å². The molecule has 0 aliphatic carbocycles. The minimum absolute atomic E-state index is 0.0631. The van der Waals surface area contributed by atoms with E-state index in [1.165, 1.54) is 0 Å². The van der Waals surface area contributed by atoms with Crippen LogP contribution in [0, 0.1) is 0 Å². The lowest BCUT2D eigenvalue weighted by Gasteiger charge is -2.35. The number of methoxy groups -OCH3 is 1. The molecule has 1 atom stereocenters. The van der Waals surface area contributed by atoms with Crippen LogP contribution < -0.4 is 10.2 Å². The van der Waals surface area contributed by atoms with Crippen LogP contribution in [0.3, 0.4) is 0 Å². The number of aliphatic hydroxyl groups is 1. The van der Waals surface area contributed by atoms with Crippen molar-refractivity contribution in [1.29, 1.82) is 0 Å². The number of ether oxygens (including phenoxy) is 2. The van der Waals surface area contributed by atoms with E-state index in [-0.39, 0.29) is 6.61 Å². The second-order valence-electron chi connectivity index (χ2n) is 6.51. The van der Waals surface area contributed by atoms with E-state index in [2.05, 4.69) is 31.2 Å². The highest BCUT2D eigenvalue weighted by Gasteiger charge is 2.23. The van der Waals surface area contributed by atoms with Crippen LogP contribution >= 0.6 is 0 Å². The molecule has 2 saturated heterocycles. The highest BCUT2D eigenvalue weighted by Crippen LogP contribution is 2.27. The fourth-order valence-corrected chi connectivity index (χ4v) is 3.26. The van der Waals surface area contributed by atoms with Gasteiger partial charge >= 0.3 is 0 Å². The summed E-state index contributed by atoms with van der Waals surface area (Å²) in [6.45, 7) is 7.69. The van der Waals surface area contributed by atoms with Gasteiger partial charge in [-0.2, -0.15) is 4.98 Å². The van der Waals surface area contributed by atoms with E-state index >= 15 is 0 Å². The second kappa shape index (κ2) is 9.28. The third-order valence-electron chi connectivity index (χ3n) is 4.78. The lowest BCUT2D eigenvalue weighted by atomic mass is 10.0. The summed E-state index contributed by atoms with van der Waals surface area (Å²) < 4.78 is 10.7. The van der Waals surface area contributed by atoms with Gasteiger partial charge in [-0.1, -0.05) is 0 Å². The van der Waals surface area contributed by atoms with Crippen LogP contribution in [0.15, 0.2) is 6.07 Å². The number of nitrogens with one attached hydrogen (secondary N) is 1. The average Bonchev–Trinajstić information content (AvgIpc) is 3.20. The van der Waals surface area contributed by atoms with E-state index in [4.69, 9.17) is 14.6 Å². The highest BCUT2D eigenvalue weighted by atomic mass is 16.5. The van der Waals surface area contributed by atoms with Crippen molar-refractivity contribution in [3.8, 4) is 0 Å². The first-order valence-electron chi connectivity index (χ1n) is 9.08. The minimum atomic E-state index is 0.0631.